The normalized spacial score (nSPS) is 13.8. The maximum atomic E-state index is 11.8. The summed E-state index contributed by atoms with van der Waals surface area (Å²) in [6.07, 6.45) is 1.32. The van der Waals surface area contributed by atoms with Gasteiger partial charge in [-0.15, -0.1) is 0 Å². The summed E-state index contributed by atoms with van der Waals surface area (Å²) in [4.78, 5) is 28.5. The minimum absolute atomic E-state index is 0.197. The summed E-state index contributed by atoms with van der Waals surface area (Å²) in [6.45, 7) is 6.72. The number of ether oxygens (including phenoxy) is 3. The summed E-state index contributed by atoms with van der Waals surface area (Å²) in [7, 11) is 4.11. The van der Waals surface area contributed by atoms with Crippen molar-refractivity contribution in [3.8, 4) is 5.75 Å². The monoisotopic (exact) mass is 453 g/mol. The number of hydrogen-bond donors (Lipinski definition) is 1. The zero-order valence-corrected chi connectivity index (χ0v) is 19.6. The molecule has 1 heterocycles. The first kappa shape index (κ1) is 24.1. The zero-order valence-electron chi connectivity index (χ0n) is 19.6. The fourth-order valence-corrected chi connectivity index (χ4v) is 3.71. The van der Waals surface area contributed by atoms with Gasteiger partial charge in [-0.3, -0.25) is 4.90 Å². The third-order valence-corrected chi connectivity index (χ3v) is 5.75. The van der Waals surface area contributed by atoms with Crippen LogP contribution in [0.25, 0.3) is 0 Å². The minimum atomic E-state index is -0.753. The van der Waals surface area contributed by atoms with Crippen LogP contribution in [0.2, 0.25) is 0 Å². The summed E-state index contributed by atoms with van der Waals surface area (Å²) in [5.41, 5.74) is 4.15. The van der Waals surface area contributed by atoms with Crippen molar-refractivity contribution in [3.05, 3.63) is 65.4 Å². The highest BCUT2D eigenvalue weighted by atomic mass is 16.5. The Morgan fingerprint density at radius 2 is 1.58 bits per heavy atom. The highest BCUT2D eigenvalue weighted by Crippen LogP contribution is 2.22. The molecule has 2 aromatic carbocycles. The van der Waals surface area contributed by atoms with Crippen molar-refractivity contribution in [1.29, 1.82) is 0 Å². The first-order valence-corrected chi connectivity index (χ1v) is 10.8. The number of carbonyl (C=O) groups excluding carboxylic acids is 2. The molecule has 0 saturated carbocycles. The summed E-state index contributed by atoms with van der Waals surface area (Å²) in [6, 6.07) is 14.1. The van der Waals surface area contributed by atoms with Gasteiger partial charge >= 0.3 is 11.9 Å². The fourth-order valence-electron chi connectivity index (χ4n) is 3.71. The number of nitrogens with one attached hydrogen (secondary N) is 1. The van der Waals surface area contributed by atoms with E-state index in [2.05, 4.69) is 43.6 Å². The van der Waals surface area contributed by atoms with Gasteiger partial charge in [0.05, 0.1) is 21.3 Å². The number of rotatable bonds is 8. The standard InChI is InChI=1S/C25H31N3O5/c1-18-5-6-20(26-16-23(24(29)32-3)25(30)33-4)15-19(18)17-27-11-13-28(14-12-27)21-7-9-22(31-2)10-8-21/h5-10,15-16,26H,11-14,17H2,1-4H3. The van der Waals surface area contributed by atoms with E-state index >= 15 is 0 Å². The van der Waals surface area contributed by atoms with E-state index in [1.165, 1.54) is 37.2 Å². The minimum Gasteiger partial charge on any atom is -0.497 e. The molecule has 1 fully saturated rings. The van der Waals surface area contributed by atoms with Gasteiger partial charge in [-0.2, -0.15) is 0 Å². The first-order valence-electron chi connectivity index (χ1n) is 10.8. The van der Waals surface area contributed by atoms with Crippen LogP contribution in [0.1, 0.15) is 11.1 Å². The van der Waals surface area contributed by atoms with Gasteiger partial charge in [0.2, 0.25) is 0 Å². The van der Waals surface area contributed by atoms with Crippen molar-refractivity contribution >= 4 is 23.3 Å². The van der Waals surface area contributed by atoms with Gasteiger partial charge in [-0.05, 0) is 54.4 Å². The second-order valence-electron chi connectivity index (χ2n) is 7.79. The fraction of sp³-hybridized carbons (Fsp3) is 0.360. The van der Waals surface area contributed by atoms with Gasteiger partial charge in [-0.1, -0.05) is 6.07 Å². The Hall–Kier alpha value is -3.52. The van der Waals surface area contributed by atoms with Crippen LogP contribution in [-0.2, 0) is 25.6 Å². The van der Waals surface area contributed by atoms with Crippen LogP contribution in [0.15, 0.2) is 54.2 Å². The third-order valence-electron chi connectivity index (χ3n) is 5.75. The lowest BCUT2D eigenvalue weighted by molar-refractivity contribution is -0.144. The van der Waals surface area contributed by atoms with Crippen LogP contribution >= 0.6 is 0 Å². The van der Waals surface area contributed by atoms with E-state index in [4.69, 9.17) is 4.74 Å². The predicted molar refractivity (Wildman–Crippen MR) is 127 cm³/mol. The average molecular weight is 454 g/mol. The summed E-state index contributed by atoms with van der Waals surface area (Å²) >= 11 is 0. The zero-order chi connectivity index (χ0) is 23.8. The Bertz CT molecular complexity index is 978. The van der Waals surface area contributed by atoms with Crippen molar-refractivity contribution in [2.75, 3.05) is 57.7 Å². The first-order chi connectivity index (χ1) is 15.9. The quantitative estimate of drug-likeness (QED) is 0.283. The summed E-state index contributed by atoms with van der Waals surface area (Å²) in [5.74, 6) is -0.644. The number of hydrogen-bond acceptors (Lipinski definition) is 8. The van der Waals surface area contributed by atoms with Crippen molar-refractivity contribution in [2.45, 2.75) is 13.5 Å². The Kier molecular flexibility index (Phi) is 8.32. The van der Waals surface area contributed by atoms with Crippen molar-refractivity contribution in [1.82, 2.24) is 4.90 Å². The van der Waals surface area contributed by atoms with Crippen LogP contribution in [0.4, 0.5) is 11.4 Å². The number of nitrogens with zero attached hydrogens (tertiary/aromatic N) is 2. The molecule has 0 amide bonds. The maximum absolute atomic E-state index is 11.8. The lowest BCUT2D eigenvalue weighted by Crippen LogP contribution is -2.46. The number of piperazine rings is 1. The second-order valence-corrected chi connectivity index (χ2v) is 7.79. The Balaban J connectivity index is 1.62. The predicted octanol–water partition coefficient (Wildman–Crippen LogP) is 2.97. The number of aryl methyl sites for hydroxylation is 1. The van der Waals surface area contributed by atoms with E-state index in [1.54, 1.807) is 7.11 Å². The van der Waals surface area contributed by atoms with Crippen LogP contribution in [0.5, 0.6) is 5.75 Å². The molecule has 8 heteroatoms. The van der Waals surface area contributed by atoms with E-state index in [0.717, 1.165) is 44.2 Å². The molecule has 0 radical (unpaired) electrons. The van der Waals surface area contributed by atoms with E-state index in [9.17, 15) is 9.59 Å². The van der Waals surface area contributed by atoms with E-state index < -0.39 is 11.9 Å². The largest absolute Gasteiger partial charge is 0.497 e. The van der Waals surface area contributed by atoms with Crippen LogP contribution in [0.3, 0.4) is 0 Å². The molecular weight excluding hydrogens is 422 g/mol. The SMILES string of the molecule is COC(=O)C(=CNc1ccc(C)c(CN2CCN(c3ccc(OC)cc3)CC2)c1)C(=O)OC. The van der Waals surface area contributed by atoms with Crippen LogP contribution in [0, 0.1) is 6.92 Å². The molecule has 0 spiro atoms. The van der Waals surface area contributed by atoms with E-state index in [-0.39, 0.29) is 5.57 Å². The highest BCUT2D eigenvalue weighted by Gasteiger charge is 2.20. The molecule has 0 bridgehead atoms. The van der Waals surface area contributed by atoms with Gasteiger partial charge in [0.15, 0.2) is 5.57 Å². The highest BCUT2D eigenvalue weighted by molar-refractivity contribution is 6.14. The molecular formula is C25H31N3O5. The molecule has 8 nitrogen and oxygen atoms in total. The molecule has 3 rings (SSSR count). The number of carbonyl (C=O) groups is 2. The number of methoxy groups -OCH3 is 3. The molecule has 1 N–H and O–H groups in total. The Morgan fingerprint density at radius 3 is 2.15 bits per heavy atom. The molecule has 0 atom stereocenters. The topological polar surface area (TPSA) is 80.3 Å². The molecule has 1 aliphatic rings. The van der Waals surface area contributed by atoms with Gasteiger partial charge in [0.25, 0.3) is 0 Å². The lowest BCUT2D eigenvalue weighted by atomic mass is 10.1. The van der Waals surface area contributed by atoms with Crippen LogP contribution in [-0.4, -0.2) is 64.3 Å². The van der Waals surface area contributed by atoms with E-state index in [1.807, 2.05) is 30.3 Å². The molecule has 176 valence electrons. The van der Waals surface area contributed by atoms with Gasteiger partial charge < -0.3 is 24.4 Å². The van der Waals surface area contributed by atoms with Gasteiger partial charge in [-0.25, -0.2) is 9.59 Å². The van der Waals surface area contributed by atoms with Crippen molar-refractivity contribution in [3.63, 3.8) is 0 Å². The smallest absolute Gasteiger partial charge is 0.346 e. The van der Waals surface area contributed by atoms with Crippen molar-refractivity contribution in [2.24, 2.45) is 0 Å². The summed E-state index contributed by atoms with van der Waals surface area (Å²) < 4.78 is 14.6. The Morgan fingerprint density at radius 1 is 0.939 bits per heavy atom. The summed E-state index contributed by atoms with van der Waals surface area (Å²) in [5, 5.41) is 3.02. The third kappa shape index (κ3) is 6.26. The second kappa shape index (κ2) is 11.4. The molecule has 0 aliphatic carbocycles. The number of esters is 2. The molecule has 0 unspecified atom stereocenters. The van der Waals surface area contributed by atoms with Crippen LogP contribution < -0.4 is 15.0 Å². The molecule has 0 aromatic heterocycles. The van der Waals surface area contributed by atoms with E-state index in [0.29, 0.717) is 0 Å². The number of benzene rings is 2. The van der Waals surface area contributed by atoms with Crippen molar-refractivity contribution < 1.29 is 23.8 Å². The Labute approximate surface area is 194 Å². The average Bonchev–Trinajstić information content (AvgIpc) is 2.86. The lowest BCUT2D eigenvalue weighted by Gasteiger charge is -2.36. The maximum Gasteiger partial charge on any atom is 0.346 e. The molecule has 2 aromatic rings. The molecule has 1 aliphatic heterocycles. The van der Waals surface area contributed by atoms with Gasteiger partial charge in [0, 0.05) is 50.3 Å². The number of anilines is 2. The molecule has 1 saturated heterocycles. The van der Waals surface area contributed by atoms with Gasteiger partial charge in [0.1, 0.15) is 5.75 Å². The molecule has 33 heavy (non-hydrogen) atoms.